The molecule has 0 atom stereocenters. The van der Waals surface area contributed by atoms with E-state index in [2.05, 4.69) is 19.3 Å². The second-order valence-electron chi connectivity index (χ2n) is 6.11. The molecule has 1 aliphatic carbocycles. The Morgan fingerprint density at radius 3 is 1.94 bits per heavy atom. The number of rotatable bonds is 11. The fourth-order valence-corrected chi connectivity index (χ4v) is 3.20. The van der Waals surface area contributed by atoms with Gasteiger partial charge in [-0.25, -0.2) is 0 Å². The molecule has 0 amide bonds. The van der Waals surface area contributed by atoms with E-state index in [1.165, 1.54) is 83.6 Å². The third-order valence-corrected chi connectivity index (χ3v) is 4.53. The van der Waals surface area contributed by atoms with Gasteiger partial charge in [0.05, 0.1) is 0 Å². The van der Waals surface area contributed by atoms with E-state index in [1.807, 2.05) is 0 Å². The lowest BCUT2D eigenvalue weighted by Gasteiger charge is -2.42. The molecule has 1 N–H and O–H groups in total. The van der Waals surface area contributed by atoms with E-state index < -0.39 is 0 Å². The Morgan fingerprint density at radius 2 is 1.47 bits per heavy atom. The van der Waals surface area contributed by atoms with E-state index in [-0.39, 0.29) is 0 Å². The van der Waals surface area contributed by atoms with Crippen molar-refractivity contribution >= 4 is 0 Å². The fraction of sp³-hybridized carbons (Fsp3) is 1.00. The van der Waals surface area contributed by atoms with Crippen LogP contribution in [0.5, 0.6) is 0 Å². The molecule has 0 aromatic carbocycles. The van der Waals surface area contributed by atoms with Gasteiger partial charge in [0.25, 0.3) is 0 Å². The summed E-state index contributed by atoms with van der Waals surface area (Å²) in [5, 5.41) is 3.39. The predicted molar refractivity (Wildman–Crippen MR) is 77.4 cm³/mol. The first-order valence-electron chi connectivity index (χ1n) is 7.97. The number of hydrogen-bond acceptors (Lipinski definition) is 1. The zero-order valence-electron chi connectivity index (χ0n) is 12.2. The van der Waals surface area contributed by atoms with E-state index in [0.29, 0.717) is 5.41 Å². The van der Waals surface area contributed by atoms with E-state index in [9.17, 15) is 0 Å². The molecule has 0 unspecified atom stereocenters. The summed E-state index contributed by atoms with van der Waals surface area (Å²) >= 11 is 0. The van der Waals surface area contributed by atoms with Gasteiger partial charge in [0.2, 0.25) is 0 Å². The molecule has 1 aliphatic rings. The zero-order chi connectivity index (χ0) is 12.4. The summed E-state index contributed by atoms with van der Waals surface area (Å²) in [7, 11) is 2.10. The molecule has 0 spiro atoms. The largest absolute Gasteiger partial charge is 0.319 e. The van der Waals surface area contributed by atoms with Gasteiger partial charge >= 0.3 is 0 Å². The normalized spacial score (nSPS) is 18.0. The molecule has 0 aliphatic heterocycles. The predicted octanol–water partition coefficient (Wildman–Crippen LogP) is 4.91. The molecule has 0 bridgehead atoms. The summed E-state index contributed by atoms with van der Waals surface area (Å²) in [6.07, 6.45) is 17.5. The van der Waals surface area contributed by atoms with Crippen LogP contribution in [0.25, 0.3) is 0 Å². The van der Waals surface area contributed by atoms with Gasteiger partial charge in [-0.05, 0) is 31.7 Å². The van der Waals surface area contributed by atoms with Gasteiger partial charge in [0, 0.05) is 6.54 Å². The monoisotopic (exact) mass is 239 g/mol. The average molecular weight is 239 g/mol. The average Bonchev–Trinajstić information content (AvgIpc) is 2.29. The Hall–Kier alpha value is -0.0400. The lowest BCUT2D eigenvalue weighted by Crippen LogP contribution is -2.38. The molecular formula is C16H33N. The van der Waals surface area contributed by atoms with Crippen molar-refractivity contribution < 1.29 is 0 Å². The number of unbranched alkanes of at least 4 members (excludes halogenated alkanes) is 7. The molecule has 1 fully saturated rings. The van der Waals surface area contributed by atoms with Gasteiger partial charge in [0.15, 0.2) is 0 Å². The molecule has 0 heterocycles. The number of hydrogen-bond donors (Lipinski definition) is 1. The first kappa shape index (κ1) is 15.0. The summed E-state index contributed by atoms with van der Waals surface area (Å²) in [6.45, 7) is 3.54. The van der Waals surface area contributed by atoms with E-state index in [4.69, 9.17) is 0 Å². The highest BCUT2D eigenvalue weighted by Gasteiger charge is 2.35. The SMILES string of the molecule is CCCCCCCCCCC1(CNC)CCC1. The third kappa shape index (κ3) is 5.90. The maximum atomic E-state index is 3.39. The Balaban J connectivity index is 1.89. The zero-order valence-corrected chi connectivity index (χ0v) is 12.2. The van der Waals surface area contributed by atoms with Crippen LogP contribution in [0.15, 0.2) is 0 Å². The van der Waals surface area contributed by atoms with Crippen molar-refractivity contribution in [2.75, 3.05) is 13.6 Å². The van der Waals surface area contributed by atoms with Gasteiger partial charge in [-0.2, -0.15) is 0 Å². The molecule has 1 saturated carbocycles. The molecule has 17 heavy (non-hydrogen) atoms. The molecule has 1 heteroatoms. The van der Waals surface area contributed by atoms with Gasteiger partial charge < -0.3 is 5.32 Å². The summed E-state index contributed by atoms with van der Waals surface area (Å²) in [5.74, 6) is 0. The minimum Gasteiger partial charge on any atom is -0.319 e. The first-order chi connectivity index (χ1) is 8.33. The van der Waals surface area contributed by atoms with Gasteiger partial charge in [-0.15, -0.1) is 0 Å². The lowest BCUT2D eigenvalue weighted by molar-refractivity contribution is 0.115. The minimum absolute atomic E-state index is 0.705. The van der Waals surface area contributed by atoms with Crippen molar-refractivity contribution in [3.05, 3.63) is 0 Å². The van der Waals surface area contributed by atoms with Crippen LogP contribution in [0.4, 0.5) is 0 Å². The highest BCUT2D eigenvalue weighted by molar-refractivity contribution is 4.88. The number of nitrogens with one attached hydrogen (secondary N) is 1. The molecule has 0 saturated heterocycles. The van der Waals surface area contributed by atoms with Gasteiger partial charge in [0.1, 0.15) is 0 Å². The van der Waals surface area contributed by atoms with Crippen LogP contribution >= 0.6 is 0 Å². The van der Waals surface area contributed by atoms with Crippen molar-refractivity contribution in [3.8, 4) is 0 Å². The van der Waals surface area contributed by atoms with E-state index in [0.717, 1.165) is 0 Å². The summed E-state index contributed by atoms with van der Waals surface area (Å²) in [6, 6.07) is 0. The third-order valence-electron chi connectivity index (χ3n) is 4.53. The van der Waals surface area contributed by atoms with Crippen LogP contribution in [0.3, 0.4) is 0 Å². The highest BCUT2D eigenvalue weighted by atomic mass is 14.8. The molecule has 102 valence electrons. The van der Waals surface area contributed by atoms with Crippen molar-refractivity contribution in [1.82, 2.24) is 5.32 Å². The quantitative estimate of drug-likeness (QED) is 0.505. The van der Waals surface area contributed by atoms with Gasteiger partial charge in [-0.1, -0.05) is 64.7 Å². The molecule has 1 rings (SSSR count). The van der Waals surface area contributed by atoms with Crippen LogP contribution in [0.1, 0.15) is 84.0 Å². The summed E-state index contributed by atoms with van der Waals surface area (Å²) in [5.41, 5.74) is 0.705. The Labute approximate surface area is 109 Å². The van der Waals surface area contributed by atoms with Crippen LogP contribution in [0.2, 0.25) is 0 Å². The molecule has 1 nitrogen and oxygen atoms in total. The molecule has 0 aromatic heterocycles. The summed E-state index contributed by atoms with van der Waals surface area (Å²) < 4.78 is 0. The maximum Gasteiger partial charge on any atom is 0.000480 e. The molecule has 0 aromatic rings. The van der Waals surface area contributed by atoms with Crippen molar-refractivity contribution in [3.63, 3.8) is 0 Å². The lowest BCUT2D eigenvalue weighted by atomic mass is 9.66. The Bertz CT molecular complexity index is 172. The first-order valence-corrected chi connectivity index (χ1v) is 7.97. The second-order valence-corrected chi connectivity index (χ2v) is 6.11. The Morgan fingerprint density at radius 1 is 0.882 bits per heavy atom. The van der Waals surface area contributed by atoms with E-state index >= 15 is 0 Å². The fourth-order valence-electron chi connectivity index (χ4n) is 3.20. The molecular weight excluding hydrogens is 206 g/mol. The van der Waals surface area contributed by atoms with Crippen molar-refractivity contribution in [2.45, 2.75) is 84.0 Å². The standard InChI is InChI=1S/C16H33N/c1-3-4-5-6-7-8-9-10-12-16(15-17-2)13-11-14-16/h17H,3-15H2,1-2H3. The second kappa shape index (κ2) is 8.97. The smallest absolute Gasteiger partial charge is 0.000480 e. The van der Waals surface area contributed by atoms with Crippen LogP contribution in [-0.4, -0.2) is 13.6 Å². The van der Waals surface area contributed by atoms with Gasteiger partial charge in [-0.3, -0.25) is 0 Å². The van der Waals surface area contributed by atoms with Crippen LogP contribution < -0.4 is 5.32 Å². The molecule has 0 radical (unpaired) electrons. The highest BCUT2D eigenvalue weighted by Crippen LogP contribution is 2.44. The van der Waals surface area contributed by atoms with Crippen LogP contribution in [-0.2, 0) is 0 Å². The topological polar surface area (TPSA) is 12.0 Å². The van der Waals surface area contributed by atoms with Crippen molar-refractivity contribution in [1.29, 1.82) is 0 Å². The minimum atomic E-state index is 0.705. The Kier molecular flexibility index (Phi) is 7.92. The maximum absolute atomic E-state index is 3.39. The summed E-state index contributed by atoms with van der Waals surface area (Å²) in [4.78, 5) is 0. The van der Waals surface area contributed by atoms with Crippen LogP contribution in [0, 0.1) is 5.41 Å². The van der Waals surface area contributed by atoms with E-state index in [1.54, 1.807) is 0 Å². The van der Waals surface area contributed by atoms with Crippen molar-refractivity contribution in [2.24, 2.45) is 5.41 Å².